The molecule has 2 aromatic carbocycles. The first-order chi connectivity index (χ1) is 9.24. The Bertz CT molecular complexity index is 611. The number of benzene rings is 2. The van der Waals surface area contributed by atoms with Gasteiger partial charge in [-0.05, 0) is 23.8 Å². The largest absolute Gasteiger partial charge is 0.482 e. The molecule has 96 valence electrons. The second kappa shape index (κ2) is 4.65. The third-order valence-corrected chi connectivity index (χ3v) is 3.11. The van der Waals surface area contributed by atoms with Gasteiger partial charge in [0.15, 0.2) is 6.61 Å². The average Bonchev–Trinajstić information content (AvgIpc) is 2.43. The number of carbonyl (C=O) groups is 1. The third-order valence-electron chi connectivity index (χ3n) is 3.11. The zero-order valence-corrected chi connectivity index (χ0v) is 10.4. The molecule has 0 spiro atoms. The van der Waals surface area contributed by atoms with Gasteiger partial charge in [-0.15, -0.1) is 0 Å². The number of nitrogen functional groups attached to an aromatic ring is 1. The highest BCUT2D eigenvalue weighted by atomic mass is 16.5. The molecule has 2 aromatic rings. The molecule has 0 fully saturated rings. The van der Waals surface area contributed by atoms with Gasteiger partial charge in [-0.1, -0.05) is 30.3 Å². The highest BCUT2D eigenvalue weighted by Crippen LogP contribution is 2.34. The molecule has 0 aliphatic carbocycles. The summed E-state index contributed by atoms with van der Waals surface area (Å²) in [5.41, 5.74) is 8.22. The van der Waals surface area contributed by atoms with Gasteiger partial charge in [0.1, 0.15) is 5.75 Å². The summed E-state index contributed by atoms with van der Waals surface area (Å²) in [4.78, 5) is 13.7. The SMILES string of the molecule is Nc1ccc2c(c1)N(Cc1ccccc1)C(=O)CO2. The minimum Gasteiger partial charge on any atom is -0.482 e. The summed E-state index contributed by atoms with van der Waals surface area (Å²) in [6, 6.07) is 15.2. The van der Waals surface area contributed by atoms with E-state index < -0.39 is 0 Å². The fourth-order valence-corrected chi connectivity index (χ4v) is 2.16. The Morgan fingerprint density at radius 3 is 2.74 bits per heavy atom. The number of nitrogens with two attached hydrogens (primary N) is 1. The van der Waals surface area contributed by atoms with Gasteiger partial charge in [0, 0.05) is 5.69 Å². The van der Waals surface area contributed by atoms with Crippen LogP contribution in [0.3, 0.4) is 0 Å². The first kappa shape index (κ1) is 11.6. The standard InChI is InChI=1S/C15H14N2O2/c16-12-6-7-14-13(8-12)17(15(18)10-19-14)9-11-4-2-1-3-5-11/h1-8H,9-10,16H2. The lowest BCUT2D eigenvalue weighted by molar-refractivity contribution is -0.121. The Morgan fingerprint density at radius 2 is 1.95 bits per heavy atom. The van der Waals surface area contributed by atoms with E-state index in [0.717, 1.165) is 11.3 Å². The van der Waals surface area contributed by atoms with Gasteiger partial charge < -0.3 is 15.4 Å². The quantitative estimate of drug-likeness (QED) is 0.836. The summed E-state index contributed by atoms with van der Waals surface area (Å²) in [5, 5.41) is 0. The van der Waals surface area contributed by atoms with Gasteiger partial charge in [-0.25, -0.2) is 0 Å². The topological polar surface area (TPSA) is 55.6 Å². The van der Waals surface area contributed by atoms with E-state index in [1.807, 2.05) is 30.3 Å². The molecule has 1 aliphatic heterocycles. The third kappa shape index (κ3) is 2.25. The highest BCUT2D eigenvalue weighted by molar-refractivity contribution is 5.98. The molecule has 0 atom stereocenters. The van der Waals surface area contributed by atoms with Crippen molar-refractivity contribution in [2.45, 2.75) is 6.54 Å². The second-order valence-electron chi connectivity index (χ2n) is 4.48. The molecule has 0 saturated carbocycles. The summed E-state index contributed by atoms with van der Waals surface area (Å²) in [6.45, 7) is 0.600. The van der Waals surface area contributed by atoms with Crippen LogP contribution in [-0.4, -0.2) is 12.5 Å². The number of hydrogen-bond acceptors (Lipinski definition) is 3. The average molecular weight is 254 g/mol. The first-order valence-corrected chi connectivity index (χ1v) is 6.10. The van der Waals surface area contributed by atoms with Crippen LogP contribution < -0.4 is 15.4 Å². The van der Waals surface area contributed by atoms with E-state index >= 15 is 0 Å². The predicted molar refractivity (Wildman–Crippen MR) is 74.0 cm³/mol. The van der Waals surface area contributed by atoms with Crippen LogP contribution in [0, 0.1) is 0 Å². The number of fused-ring (bicyclic) bond motifs is 1. The van der Waals surface area contributed by atoms with Crippen LogP contribution in [0.15, 0.2) is 48.5 Å². The van der Waals surface area contributed by atoms with Gasteiger partial charge in [0.25, 0.3) is 5.91 Å². The lowest BCUT2D eigenvalue weighted by Gasteiger charge is -2.29. The molecule has 0 radical (unpaired) electrons. The number of ether oxygens (including phenoxy) is 1. The van der Waals surface area contributed by atoms with E-state index in [1.54, 1.807) is 23.1 Å². The van der Waals surface area contributed by atoms with Crippen molar-refractivity contribution in [2.75, 3.05) is 17.2 Å². The minimum atomic E-state index is -0.0537. The summed E-state index contributed by atoms with van der Waals surface area (Å²) in [5.74, 6) is 0.645. The fourth-order valence-electron chi connectivity index (χ4n) is 2.16. The van der Waals surface area contributed by atoms with Crippen molar-refractivity contribution in [1.29, 1.82) is 0 Å². The van der Waals surface area contributed by atoms with Crippen LogP contribution in [0.2, 0.25) is 0 Å². The van der Waals surface area contributed by atoms with Crippen molar-refractivity contribution in [2.24, 2.45) is 0 Å². The molecule has 3 rings (SSSR count). The molecule has 4 nitrogen and oxygen atoms in total. The number of amides is 1. The normalized spacial score (nSPS) is 13.9. The van der Waals surface area contributed by atoms with E-state index in [9.17, 15) is 4.79 Å². The van der Waals surface area contributed by atoms with Crippen molar-refractivity contribution < 1.29 is 9.53 Å². The van der Waals surface area contributed by atoms with Crippen LogP contribution in [0.1, 0.15) is 5.56 Å². The molecule has 2 N–H and O–H groups in total. The number of hydrogen-bond donors (Lipinski definition) is 1. The van der Waals surface area contributed by atoms with Crippen molar-refractivity contribution in [3.63, 3.8) is 0 Å². The summed E-state index contributed by atoms with van der Waals surface area (Å²) in [7, 11) is 0. The van der Waals surface area contributed by atoms with Crippen LogP contribution in [0.5, 0.6) is 5.75 Å². The van der Waals surface area contributed by atoms with E-state index in [4.69, 9.17) is 10.5 Å². The van der Waals surface area contributed by atoms with Gasteiger partial charge in [-0.2, -0.15) is 0 Å². The Labute approximate surface area is 111 Å². The van der Waals surface area contributed by atoms with Crippen molar-refractivity contribution in [1.82, 2.24) is 0 Å². The second-order valence-corrected chi connectivity index (χ2v) is 4.48. The van der Waals surface area contributed by atoms with E-state index in [2.05, 4.69) is 0 Å². The monoisotopic (exact) mass is 254 g/mol. The van der Waals surface area contributed by atoms with E-state index in [1.165, 1.54) is 0 Å². The molecule has 0 bridgehead atoms. The highest BCUT2D eigenvalue weighted by Gasteiger charge is 2.25. The summed E-state index contributed by atoms with van der Waals surface area (Å²) >= 11 is 0. The molecule has 0 saturated heterocycles. The molecule has 4 heteroatoms. The molecule has 1 aliphatic rings. The number of anilines is 2. The number of rotatable bonds is 2. The molecule has 1 heterocycles. The Kier molecular flexibility index (Phi) is 2.83. The van der Waals surface area contributed by atoms with E-state index in [0.29, 0.717) is 18.0 Å². The maximum absolute atomic E-state index is 12.0. The molecule has 1 amide bonds. The smallest absolute Gasteiger partial charge is 0.265 e. The van der Waals surface area contributed by atoms with Gasteiger partial charge in [0.2, 0.25) is 0 Å². The molecule has 0 unspecified atom stereocenters. The van der Waals surface area contributed by atoms with Gasteiger partial charge in [0.05, 0.1) is 12.2 Å². The van der Waals surface area contributed by atoms with Crippen molar-refractivity contribution in [3.8, 4) is 5.75 Å². The lowest BCUT2D eigenvalue weighted by atomic mass is 10.1. The summed E-state index contributed by atoms with van der Waals surface area (Å²) in [6.07, 6.45) is 0. The van der Waals surface area contributed by atoms with Crippen molar-refractivity contribution >= 4 is 17.3 Å². The molecular formula is C15H14N2O2. The lowest BCUT2D eigenvalue weighted by Crippen LogP contribution is -2.38. The maximum atomic E-state index is 12.0. The molecule has 0 aromatic heterocycles. The first-order valence-electron chi connectivity index (χ1n) is 6.10. The number of nitrogens with zero attached hydrogens (tertiary/aromatic N) is 1. The minimum absolute atomic E-state index is 0.0537. The molecule has 19 heavy (non-hydrogen) atoms. The Hall–Kier alpha value is -2.49. The fraction of sp³-hybridized carbons (Fsp3) is 0.133. The summed E-state index contributed by atoms with van der Waals surface area (Å²) < 4.78 is 5.41. The number of carbonyl (C=O) groups excluding carboxylic acids is 1. The Balaban J connectivity index is 1.97. The maximum Gasteiger partial charge on any atom is 0.265 e. The van der Waals surface area contributed by atoms with Gasteiger partial charge in [-0.3, -0.25) is 4.79 Å². The zero-order valence-electron chi connectivity index (χ0n) is 10.4. The van der Waals surface area contributed by atoms with E-state index in [-0.39, 0.29) is 12.5 Å². The van der Waals surface area contributed by atoms with Crippen LogP contribution >= 0.6 is 0 Å². The van der Waals surface area contributed by atoms with Crippen LogP contribution in [-0.2, 0) is 11.3 Å². The Morgan fingerprint density at radius 1 is 1.16 bits per heavy atom. The predicted octanol–water partition coefficient (Wildman–Crippen LogP) is 2.19. The van der Waals surface area contributed by atoms with Crippen molar-refractivity contribution in [3.05, 3.63) is 54.1 Å². The van der Waals surface area contributed by atoms with Crippen LogP contribution in [0.25, 0.3) is 0 Å². The molecular weight excluding hydrogens is 240 g/mol. The zero-order chi connectivity index (χ0) is 13.2. The van der Waals surface area contributed by atoms with Crippen LogP contribution in [0.4, 0.5) is 11.4 Å². The van der Waals surface area contributed by atoms with Gasteiger partial charge >= 0.3 is 0 Å².